The van der Waals surface area contributed by atoms with Crippen molar-refractivity contribution in [2.45, 2.75) is 31.7 Å². The first-order valence-electron chi connectivity index (χ1n) is 8.82. The van der Waals surface area contributed by atoms with Crippen molar-refractivity contribution in [2.75, 3.05) is 59.4 Å². The van der Waals surface area contributed by atoms with Gasteiger partial charge in [0, 0.05) is 25.7 Å². The average Bonchev–Trinajstić information content (AvgIpc) is 2.50. The molecule has 0 aromatic carbocycles. The zero-order chi connectivity index (χ0) is 14.9. The molecular weight excluding hydrogens is 262 g/mol. The van der Waals surface area contributed by atoms with Crippen LogP contribution in [0.25, 0.3) is 0 Å². The van der Waals surface area contributed by atoms with E-state index in [0.717, 1.165) is 44.6 Å². The monoisotopic (exact) mass is 297 g/mol. The third-order valence-electron chi connectivity index (χ3n) is 4.92. The lowest BCUT2D eigenvalue weighted by molar-refractivity contribution is 0.205. The topological polar surface area (TPSA) is 65.3 Å². The van der Waals surface area contributed by atoms with Gasteiger partial charge in [-0.15, -0.1) is 0 Å². The van der Waals surface area contributed by atoms with Crippen LogP contribution in [-0.2, 0) is 0 Å². The van der Waals surface area contributed by atoms with Crippen LogP contribution in [0.1, 0.15) is 25.7 Å². The zero-order valence-electron chi connectivity index (χ0n) is 13.7. The SMILES string of the molecule is CNCCC1CNCC(CNCCN2CCC[C@@H](N)C2)C1. The Morgan fingerprint density at radius 1 is 1.24 bits per heavy atom. The van der Waals surface area contributed by atoms with Crippen molar-refractivity contribution in [1.82, 2.24) is 20.9 Å². The predicted octanol–water partition coefficient (Wildman–Crippen LogP) is -0.166. The van der Waals surface area contributed by atoms with Gasteiger partial charge in [0.05, 0.1) is 0 Å². The number of likely N-dealkylation sites (tertiary alicyclic amines) is 1. The lowest BCUT2D eigenvalue weighted by atomic mass is 9.88. The molecule has 0 bridgehead atoms. The van der Waals surface area contributed by atoms with Gasteiger partial charge in [0.15, 0.2) is 0 Å². The molecule has 2 fully saturated rings. The Balaban J connectivity index is 1.53. The standard InChI is InChI=1S/C16H35N5/c1-18-5-4-14-9-15(12-20-10-14)11-19-6-8-21-7-2-3-16(17)13-21/h14-16,18-20H,2-13,17H2,1H3/t14?,15?,16-/m1/s1. The van der Waals surface area contributed by atoms with Gasteiger partial charge in [0.1, 0.15) is 0 Å². The maximum absolute atomic E-state index is 6.03. The van der Waals surface area contributed by atoms with Crippen LogP contribution in [0.2, 0.25) is 0 Å². The van der Waals surface area contributed by atoms with Gasteiger partial charge in [-0.1, -0.05) is 0 Å². The zero-order valence-corrected chi connectivity index (χ0v) is 13.7. The first kappa shape index (κ1) is 17.2. The predicted molar refractivity (Wildman–Crippen MR) is 89.5 cm³/mol. The molecule has 124 valence electrons. The van der Waals surface area contributed by atoms with Crippen molar-refractivity contribution in [3.63, 3.8) is 0 Å². The van der Waals surface area contributed by atoms with Crippen LogP contribution >= 0.6 is 0 Å². The summed E-state index contributed by atoms with van der Waals surface area (Å²) in [5.74, 6) is 1.64. The molecule has 0 spiro atoms. The van der Waals surface area contributed by atoms with E-state index < -0.39 is 0 Å². The van der Waals surface area contributed by atoms with Crippen LogP contribution in [-0.4, -0.2) is 70.3 Å². The maximum Gasteiger partial charge on any atom is 0.0168 e. The van der Waals surface area contributed by atoms with Crippen LogP contribution < -0.4 is 21.7 Å². The van der Waals surface area contributed by atoms with E-state index in [1.165, 1.54) is 45.3 Å². The highest BCUT2D eigenvalue weighted by Crippen LogP contribution is 2.18. The number of nitrogens with two attached hydrogens (primary N) is 1. The van der Waals surface area contributed by atoms with Crippen molar-refractivity contribution < 1.29 is 0 Å². The van der Waals surface area contributed by atoms with Crippen molar-refractivity contribution in [3.05, 3.63) is 0 Å². The molecule has 2 saturated heterocycles. The Bertz CT molecular complexity index is 273. The fourth-order valence-electron chi connectivity index (χ4n) is 3.69. The maximum atomic E-state index is 6.03. The molecule has 5 heteroatoms. The first-order chi connectivity index (χ1) is 10.3. The lowest BCUT2D eigenvalue weighted by Crippen LogP contribution is -2.46. The van der Waals surface area contributed by atoms with Crippen molar-refractivity contribution >= 4 is 0 Å². The van der Waals surface area contributed by atoms with E-state index >= 15 is 0 Å². The minimum atomic E-state index is 0.397. The molecule has 2 rings (SSSR count). The van der Waals surface area contributed by atoms with Crippen molar-refractivity contribution in [3.8, 4) is 0 Å². The van der Waals surface area contributed by atoms with Crippen LogP contribution in [0.4, 0.5) is 0 Å². The van der Waals surface area contributed by atoms with E-state index in [1.807, 2.05) is 7.05 Å². The Morgan fingerprint density at radius 2 is 2.10 bits per heavy atom. The largest absolute Gasteiger partial charge is 0.327 e. The number of piperidine rings is 2. The molecule has 5 N–H and O–H groups in total. The van der Waals surface area contributed by atoms with E-state index in [-0.39, 0.29) is 0 Å². The fourth-order valence-corrected chi connectivity index (χ4v) is 3.69. The third-order valence-corrected chi connectivity index (χ3v) is 4.92. The van der Waals surface area contributed by atoms with Crippen LogP contribution in [0.15, 0.2) is 0 Å². The summed E-state index contributed by atoms with van der Waals surface area (Å²) >= 11 is 0. The minimum Gasteiger partial charge on any atom is -0.327 e. The van der Waals surface area contributed by atoms with Gasteiger partial charge in [-0.2, -0.15) is 0 Å². The van der Waals surface area contributed by atoms with Gasteiger partial charge in [-0.25, -0.2) is 0 Å². The summed E-state index contributed by atoms with van der Waals surface area (Å²) in [5.41, 5.74) is 6.03. The van der Waals surface area contributed by atoms with E-state index in [2.05, 4.69) is 20.9 Å². The molecule has 0 aromatic heterocycles. The highest BCUT2D eigenvalue weighted by Gasteiger charge is 2.21. The molecule has 2 heterocycles. The Kier molecular flexibility index (Phi) is 7.96. The molecule has 2 aliphatic rings. The van der Waals surface area contributed by atoms with Crippen molar-refractivity contribution in [1.29, 1.82) is 0 Å². The minimum absolute atomic E-state index is 0.397. The highest BCUT2D eigenvalue weighted by molar-refractivity contribution is 4.79. The van der Waals surface area contributed by atoms with E-state index in [1.54, 1.807) is 0 Å². The second-order valence-electron chi connectivity index (χ2n) is 6.93. The normalized spacial score (nSPS) is 31.4. The second kappa shape index (κ2) is 9.74. The summed E-state index contributed by atoms with van der Waals surface area (Å²) in [6.07, 6.45) is 5.13. The van der Waals surface area contributed by atoms with Crippen molar-refractivity contribution in [2.24, 2.45) is 17.6 Å². The third kappa shape index (κ3) is 6.61. The van der Waals surface area contributed by atoms with Crippen LogP contribution in [0, 0.1) is 11.8 Å². The molecular formula is C16H35N5. The molecule has 0 amide bonds. The number of hydrogen-bond acceptors (Lipinski definition) is 5. The second-order valence-corrected chi connectivity index (χ2v) is 6.93. The summed E-state index contributed by atoms with van der Waals surface area (Å²) in [4.78, 5) is 2.51. The van der Waals surface area contributed by atoms with Gasteiger partial charge in [-0.3, -0.25) is 0 Å². The molecule has 21 heavy (non-hydrogen) atoms. The van der Waals surface area contributed by atoms with E-state index in [4.69, 9.17) is 5.73 Å². The lowest BCUT2D eigenvalue weighted by Gasteiger charge is -2.32. The molecule has 3 atom stereocenters. The van der Waals surface area contributed by atoms with Gasteiger partial charge in [0.25, 0.3) is 0 Å². The van der Waals surface area contributed by atoms with Gasteiger partial charge >= 0.3 is 0 Å². The molecule has 0 aromatic rings. The first-order valence-corrected chi connectivity index (χ1v) is 8.82. The fraction of sp³-hybridized carbons (Fsp3) is 1.00. The Morgan fingerprint density at radius 3 is 2.90 bits per heavy atom. The Labute approximate surface area is 130 Å². The molecule has 2 aliphatic heterocycles. The summed E-state index contributed by atoms with van der Waals surface area (Å²) in [6, 6.07) is 0.397. The molecule has 2 unspecified atom stereocenters. The van der Waals surface area contributed by atoms with Gasteiger partial charge < -0.3 is 26.6 Å². The number of nitrogens with one attached hydrogen (secondary N) is 3. The van der Waals surface area contributed by atoms with Crippen LogP contribution in [0.5, 0.6) is 0 Å². The average molecular weight is 297 g/mol. The van der Waals surface area contributed by atoms with E-state index in [0.29, 0.717) is 6.04 Å². The quantitative estimate of drug-likeness (QED) is 0.469. The molecule has 5 nitrogen and oxygen atoms in total. The number of nitrogens with zero attached hydrogens (tertiary/aromatic N) is 1. The van der Waals surface area contributed by atoms with Gasteiger partial charge in [-0.05, 0) is 77.3 Å². The molecule has 0 saturated carbocycles. The molecule has 0 radical (unpaired) electrons. The summed E-state index contributed by atoms with van der Waals surface area (Å²) in [5, 5.41) is 10.5. The number of rotatable bonds is 8. The molecule has 0 aliphatic carbocycles. The highest BCUT2D eigenvalue weighted by atomic mass is 15.2. The smallest absolute Gasteiger partial charge is 0.0168 e. The van der Waals surface area contributed by atoms with Crippen LogP contribution in [0.3, 0.4) is 0 Å². The van der Waals surface area contributed by atoms with Gasteiger partial charge in [0.2, 0.25) is 0 Å². The summed E-state index contributed by atoms with van der Waals surface area (Å²) in [7, 11) is 2.04. The summed E-state index contributed by atoms with van der Waals surface area (Å²) < 4.78 is 0. The summed E-state index contributed by atoms with van der Waals surface area (Å²) in [6.45, 7) is 9.23. The Hall–Kier alpha value is -0.200. The van der Waals surface area contributed by atoms with E-state index in [9.17, 15) is 0 Å². The number of hydrogen-bond donors (Lipinski definition) is 4.